The summed E-state index contributed by atoms with van der Waals surface area (Å²) in [5.74, 6) is 0.960. The number of rotatable bonds is 0. The van der Waals surface area contributed by atoms with Gasteiger partial charge in [-0.1, -0.05) is 0 Å². The lowest BCUT2D eigenvalue weighted by Gasteiger charge is -2.04. The van der Waals surface area contributed by atoms with E-state index in [0.717, 1.165) is 11.3 Å². The minimum atomic E-state index is -0.138. The number of aromatic hydroxyl groups is 1. The highest BCUT2D eigenvalue weighted by molar-refractivity contribution is 9.10. The Hall–Kier alpha value is -0.740. The van der Waals surface area contributed by atoms with Crippen LogP contribution in [0.3, 0.4) is 0 Å². The third-order valence-corrected chi connectivity index (χ3v) is 2.74. The average molecular weight is 230 g/mol. The van der Waals surface area contributed by atoms with Crippen LogP contribution in [0.25, 0.3) is 0 Å². The molecule has 0 saturated heterocycles. The Kier molecular flexibility index (Phi) is 1.73. The Morgan fingerprint density at radius 3 is 3.08 bits per heavy atom. The first-order valence-corrected chi connectivity index (χ1v) is 4.39. The van der Waals surface area contributed by atoms with Gasteiger partial charge in [-0.3, -0.25) is 0 Å². The molecule has 1 aromatic rings. The molecule has 1 aliphatic rings. The largest absolute Gasteiger partial charge is 0.507 e. The fraction of sp³-hybridized carbons (Fsp3) is 0.250. The van der Waals surface area contributed by atoms with Crippen LogP contribution in [0.15, 0.2) is 16.6 Å². The molecule has 1 aromatic carbocycles. The number of benzene rings is 1. The third-order valence-electron chi connectivity index (χ3n) is 1.91. The molecule has 0 fully saturated rings. The summed E-state index contributed by atoms with van der Waals surface area (Å²) in [5, 5.41) is 9.34. The summed E-state index contributed by atoms with van der Waals surface area (Å²) < 4.78 is 5.92. The zero-order chi connectivity index (χ0) is 8.72. The average Bonchev–Trinajstić information content (AvgIpc) is 2.41. The van der Waals surface area contributed by atoms with Gasteiger partial charge in [-0.2, -0.15) is 0 Å². The fourth-order valence-corrected chi connectivity index (χ4v) is 1.92. The van der Waals surface area contributed by atoms with Crippen molar-refractivity contribution in [1.82, 2.24) is 0 Å². The van der Waals surface area contributed by atoms with E-state index in [0.29, 0.717) is 11.1 Å². The lowest BCUT2D eigenvalue weighted by atomic mass is 10.1. The molecule has 64 valence electrons. The second-order valence-corrected chi connectivity index (χ2v) is 3.52. The zero-order valence-corrected chi connectivity index (χ0v) is 7.84. The van der Waals surface area contributed by atoms with Crippen LogP contribution in [0, 0.1) is 0 Å². The molecule has 3 N–H and O–H groups in total. The van der Waals surface area contributed by atoms with E-state index in [-0.39, 0.29) is 11.8 Å². The first-order valence-electron chi connectivity index (χ1n) is 3.60. The highest BCUT2D eigenvalue weighted by atomic mass is 79.9. The minimum absolute atomic E-state index is 0.138. The fourth-order valence-electron chi connectivity index (χ4n) is 1.30. The van der Waals surface area contributed by atoms with Crippen LogP contribution in [0.4, 0.5) is 0 Å². The molecule has 1 aliphatic heterocycles. The van der Waals surface area contributed by atoms with Crippen LogP contribution >= 0.6 is 15.9 Å². The highest BCUT2D eigenvalue weighted by Gasteiger charge is 2.24. The van der Waals surface area contributed by atoms with Crippen molar-refractivity contribution in [2.75, 3.05) is 6.61 Å². The lowest BCUT2D eigenvalue weighted by Crippen LogP contribution is -2.11. The molecule has 1 atom stereocenters. The molecule has 4 heteroatoms. The predicted octanol–water partition coefficient (Wildman–Crippen LogP) is 1.55. The number of hydrogen-bond donors (Lipinski definition) is 2. The smallest absolute Gasteiger partial charge is 0.130 e. The van der Waals surface area contributed by atoms with Gasteiger partial charge in [-0.25, -0.2) is 0 Å². The van der Waals surface area contributed by atoms with Crippen molar-refractivity contribution in [3.63, 3.8) is 0 Å². The molecule has 3 nitrogen and oxygen atoms in total. The van der Waals surface area contributed by atoms with Gasteiger partial charge in [0.1, 0.15) is 18.1 Å². The zero-order valence-electron chi connectivity index (χ0n) is 6.25. The summed E-state index contributed by atoms with van der Waals surface area (Å²) in [7, 11) is 0. The molecule has 0 spiro atoms. The molecule has 0 saturated carbocycles. The van der Waals surface area contributed by atoms with E-state index in [1.165, 1.54) is 0 Å². The van der Waals surface area contributed by atoms with Gasteiger partial charge in [0.2, 0.25) is 0 Å². The summed E-state index contributed by atoms with van der Waals surface area (Å²) in [6.45, 7) is 0.484. The summed E-state index contributed by atoms with van der Waals surface area (Å²) in [4.78, 5) is 0. The topological polar surface area (TPSA) is 55.5 Å². The number of phenolic OH excluding ortho intramolecular Hbond substituents is 1. The number of fused-ring (bicyclic) bond motifs is 1. The Morgan fingerprint density at radius 1 is 1.58 bits per heavy atom. The monoisotopic (exact) mass is 229 g/mol. The van der Waals surface area contributed by atoms with Gasteiger partial charge in [0.25, 0.3) is 0 Å². The third kappa shape index (κ3) is 0.990. The van der Waals surface area contributed by atoms with E-state index in [1.807, 2.05) is 0 Å². The van der Waals surface area contributed by atoms with Gasteiger partial charge < -0.3 is 15.6 Å². The highest BCUT2D eigenvalue weighted by Crippen LogP contribution is 2.41. The Morgan fingerprint density at radius 2 is 2.33 bits per heavy atom. The molecule has 0 aliphatic carbocycles. The van der Waals surface area contributed by atoms with Crippen LogP contribution < -0.4 is 10.5 Å². The van der Waals surface area contributed by atoms with Gasteiger partial charge in [-0.15, -0.1) is 0 Å². The number of phenols is 1. The Bertz CT molecular complexity index is 327. The second-order valence-electron chi connectivity index (χ2n) is 2.73. The summed E-state index contributed by atoms with van der Waals surface area (Å²) >= 11 is 3.26. The molecular formula is C8H8BrNO2. The molecule has 12 heavy (non-hydrogen) atoms. The second kappa shape index (κ2) is 2.64. The molecule has 2 rings (SSSR count). The van der Waals surface area contributed by atoms with E-state index in [2.05, 4.69) is 15.9 Å². The standard InChI is InChI=1S/C8H8BrNO2/c9-8-5(11)1-2-6-7(8)4(10)3-12-6/h1-2,4,11H,3,10H2/t4-/m0/s1. The first-order chi connectivity index (χ1) is 5.70. The molecule has 0 unspecified atom stereocenters. The predicted molar refractivity (Wildman–Crippen MR) is 48.2 cm³/mol. The molecule has 0 bridgehead atoms. The van der Waals surface area contributed by atoms with Crippen LogP contribution in [-0.4, -0.2) is 11.7 Å². The van der Waals surface area contributed by atoms with Crippen molar-refractivity contribution in [2.45, 2.75) is 6.04 Å². The summed E-state index contributed by atoms with van der Waals surface area (Å²) in [5.41, 5.74) is 6.61. The van der Waals surface area contributed by atoms with E-state index >= 15 is 0 Å². The molecule has 0 aromatic heterocycles. The van der Waals surface area contributed by atoms with Crippen molar-refractivity contribution < 1.29 is 9.84 Å². The minimum Gasteiger partial charge on any atom is -0.507 e. The first kappa shape index (κ1) is 7.89. The van der Waals surface area contributed by atoms with Crippen LogP contribution in [0.5, 0.6) is 11.5 Å². The van der Waals surface area contributed by atoms with Gasteiger partial charge in [0.05, 0.1) is 10.5 Å². The molecule has 0 amide bonds. The lowest BCUT2D eigenvalue weighted by molar-refractivity contribution is 0.333. The molecule has 1 heterocycles. The normalized spacial score (nSPS) is 20.3. The summed E-state index contributed by atoms with van der Waals surface area (Å²) in [6.07, 6.45) is 0. The molecule has 0 radical (unpaired) electrons. The van der Waals surface area contributed by atoms with Crippen LogP contribution in [0.2, 0.25) is 0 Å². The van der Waals surface area contributed by atoms with Gasteiger partial charge in [0.15, 0.2) is 0 Å². The van der Waals surface area contributed by atoms with Crippen LogP contribution in [-0.2, 0) is 0 Å². The van der Waals surface area contributed by atoms with Gasteiger partial charge in [-0.05, 0) is 28.1 Å². The van der Waals surface area contributed by atoms with Crippen molar-refractivity contribution in [3.8, 4) is 11.5 Å². The summed E-state index contributed by atoms with van der Waals surface area (Å²) in [6, 6.07) is 3.17. The number of halogens is 1. The van der Waals surface area contributed by atoms with Gasteiger partial charge in [0, 0.05) is 5.56 Å². The maximum absolute atomic E-state index is 9.34. The van der Waals surface area contributed by atoms with Crippen molar-refractivity contribution in [2.24, 2.45) is 5.73 Å². The van der Waals surface area contributed by atoms with Crippen molar-refractivity contribution in [3.05, 3.63) is 22.2 Å². The Labute approximate surface area is 78.3 Å². The molecular weight excluding hydrogens is 222 g/mol. The quantitative estimate of drug-likeness (QED) is 0.710. The van der Waals surface area contributed by atoms with E-state index in [1.54, 1.807) is 12.1 Å². The van der Waals surface area contributed by atoms with Crippen molar-refractivity contribution in [1.29, 1.82) is 0 Å². The van der Waals surface area contributed by atoms with E-state index < -0.39 is 0 Å². The SMILES string of the molecule is N[C@H]1COc2ccc(O)c(Br)c21. The van der Waals surface area contributed by atoms with Crippen molar-refractivity contribution >= 4 is 15.9 Å². The number of ether oxygens (including phenoxy) is 1. The van der Waals surface area contributed by atoms with E-state index in [9.17, 15) is 5.11 Å². The Balaban J connectivity index is 2.63. The maximum Gasteiger partial charge on any atom is 0.130 e. The van der Waals surface area contributed by atoms with E-state index in [4.69, 9.17) is 10.5 Å². The van der Waals surface area contributed by atoms with Gasteiger partial charge >= 0.3 is 0 Å². The maximum atomic E-state index is 9.34. The number of nitrogens with two attached hydrogens (primary N) is 1. The number of hydrogen-bond acceptors (Lipinski definition) is 3. The van der Waals surface area contributed by atoms with Crippen LogP contribution in [0.1, 0.15) is 11.6 Å².